The summed E-state index contributed by atoms with van der Waals surface area (Å²) in [5.74, 6) is 0. The molecule has 0 aromatic heterocycles. The first-order chi connectivity index (χ1) is 7.77. The fourth-order valence-corrected chi connectivity index (χ4v) is 1.34. The van der Waals surface area contributed by atoms with Crippen molar-refractivity contribution in [2.75, 3.05) is 5.32 Å². The van der Waals surface area contributed by atoms with E-state index in [0.29, 0.717) is 0 Å². The molecule has 1 aliphatic rings. The van der Waals surface area contributed by atoms with Crippen molar-refractivity contribution in [2.24, 2.45) is 0 Å². The fourth-order valence-electron chi connectivity index (χ4n) is 1.34. The molecule has 0 saturated heterocycles. The van der Waals surface area contributed by atoms with Crippen LogP contribution in [0.25, 0.3) is 0 Å². The number of aryl methyl sites for hydroxylation is 1. The minimum absolute atomic E-state index is 1.06. The second kappa shape index (κ2) is 9.02. The van der Waals surface area contributed by atoms with E-state index in [1.165, 1.54) is 23.2 Å². The Labute approximate surface area is 101 Å². The number of fused-ring (bicyclic) bond motifs is 1. The summed E-state index contributed by atoms with van der Waals surface area (Å²) in [7, 11) is 0. The summed E-state index contributed by atoms with van der Waals surface area (Å²) >= 11 is 0. The van der Waals surface area contributed by atoms with Crippen LogP contribution in [0.1, 0.15) is 45.2 Å². The molecule has 0 saturated carbocycles. The number of hydrogen-bond donors (Lipinski definition) is 1. The van der Waals surface area contributed by atoms with Crippen LogP contribution in [0.5, 0.6) is 0 Å². The van der Waals surface area contributed by atoms with Gasteiger partial charge in [0.25, 0.3) is 0 Å². The molecule has 0 atom stereocenters. The Kier molecular flexibility index (Phi) is 8.32. The Morgan fingerprint density at radius 2 is 1.81 bits per heavy atom. The van der Waals surface area contributed by atoms with E-state index in [9.17, 15) is 0 Å². The molecule has 1 heterocycles. The Morgan fingerprint density at radius 3 is 2.44 bits per heavy atom. The van der Waals surface area contributed by atoms with Gasteiger partial charge in [-0.15, -0.1) is 0 Å². The van der Waals surface area contributed by atoms with E-state index in [1.807, 2.05) is 20.0 Å². The van der Waals surface area contributed by atoms with Gasteiger partial charge in [0.1, 0.15) is 0 Å². The van der Waals surface area contributed by atoms with Crippen LogP contribution in [0.15, 0.2) is 30.5 Å². The predicted octanol–water partition coefficient (Wildman–Crippen LogP) is 4.92. The van der Waals surface area contributed by atoms with Gasteiger partial charge in [-0.3, -0.25) is 0 Å². The summed E-state index contributed by atoms with van der Waals surface area (Å²) in [6.07, 6.45) is 6.45. The first-order valence-corrected chi connectivity index (χ1v) is 6.29. The van der Waals surface area contributed by atoms with Crippen LogP contribution in [0.4, 0.5) is 5.69 Å². The van der Waals surface area contributed by atoms with E-state index in [1.54, 1.807) is 0 Å². The highest BCUT2D eigenvalue weighted by molar-refractivity contribution is 5.57. The Bertz CT molecular complexity index is 313. The van der Waals surface area contributed by atoms with E-state index >= 15 is 0 Å². The molecular formula is C15H25N. The molecular weight excluding hydrogens is 194 g/mol. The van der Waals surface area contributed by atoms with Crippen molar-refractivity contribution >= 4 is 5.69 Å². The maximum atomic E-state index is 3.22. The highest BCUT2D eigenvalue weighted by Gasteiger charge is 2.02. The zero-order valence-electron chi connectivity index (χ0n) is 11.3. The monoisotopic (exact) mass is 219 g/mol. The highest BCUT2D eigenvalue weighted by Crippen LogP contribution is 2.20. The van der Waals surface area contributed by atoms with Gasteiger partial charge in [-0.2, -0.15) is 0 Å². The van der Waals surface area contributed by atoms with Crippen molar-refractivity contribution in [1.29, 1.82) is 0 Å². The number of nitrogens with one attached hydrogen (secondary N) is 1. The van der Waals surface area contributed by atoms with Crippen molar-refractivity contribution in [2.45, 2.75) is 47.5 Å². The lowest BCUT2D eigenvalue weighted by Crippen LogP contribution is -1.99. The molecule has 1 N–H and O–H groups in total. The van der Waals surface area contributed by atoms with Crippen LogP contribution < -0.4 is 5.32 Å². The van der Waals surface area contributed by atoms with Gasteiger partial charge in [-0.25, -0.2) is 0 Å². The van der Waals surface area contributed by atoms with Gasteiger partial charge in [0.2, 0.25) is 0 Å². The number of rotatable bonds is 0. The maximum Gasteiger partial charge on any atom is 0.0418 e. The SMILES string of the molecule is CC.CCC.Cc1ccc2c(c1)NC=CC2. The average Bonchev–Trinajstić information content (AvgIpc) is 2.32. The molecule has 16 heavy (non-hydrogen) atoms. The number of benzene rings is 1. The molecule has 0 spiro atoms. The lowest BCUT2D eigenvalue weighted by atomic mass is 10.1. The van der Waals surface area contributed by atoms with Gasteiger partial charge >= 0.3 is 0 Å². The largest absolute Gasteiger partial charge is 0.362 e. The highest BCUT2D eigenvalue weighted by atomic mass is 14.8. The van der Waals surface area contributed by atoms with Crippen LogP contribution in [-0.2, 0) is 6.42 Å². The third kappa shape index (κ3) is 5.01. The van der Waals surface area contributed by atoms with Crippen LogP contribution in [-0.4, -0.2) is 0 Å². The molecule has 2 rings (SSSR count). The van der Waals surface area contributed by atoms with Crippen molar-refractivity contribution in [3.05, 3.63) is 41.6 Å². The maximum absolute atomic E-state index is 3.22. The molecule has 1 aromatic carbocycles. The smallest absolute Gasteiger partial charge is 0.0418 e. The van der Waals surface area contributed by atoms with Crippen molar-refractivity contribution < 1.29 is 0 Å². The van der Waals surface area contributed by atoms with Crippen molar-refractivity contribution in [1.82, 2.24) is 0 Å². The molecule has 1 heteroatoms. The third-order valence-electron chi connectivity index (χ3n) is 1.96. The van der Waals surface area contributed by atoms with Crippen molar-refractivity contribution in [3.63, 3.8) is 0 Å². The van der Waals surface area contributed by atoms with Gasteiger partial charge in [-0.05, 0) is 36.7 Å². The van der Waals surface area contributed by atoms with Gasteiger partial charge in [-0.1, -0.05) is 52.3 Å². The average molecular weight is 219 g/mol. The summed E-state index contributed by atoms with van der Waals surface area (Å²) in [6.45, 7) is 10.4. The molecule has 90 valence electrons. The van der Waals surface area contributed by atoms with E-state index in [-0.39, 0.29) is 0 Å². The summed E-state index contributed by atoms with van der Waals surface area (Å²) < 4.78 is 0. The molecule has 0 bridgehead atoms. The molecule has 0 unspecified atom stereocenters. The first kappa shape index (κ1) is 14.8. The zero-order chi connectivity index (χ0) is 12.4. The fraction of sp³-hybridized carbons (Fsp3) is 0.467. The summed E-state index contributed by atoms with van der Waals surface area (Å²) in [5.41, 5.74) is 3.96. The van der Waals surface area contributed by atoms with E-state index in [0.717, 1.165) is 6.42 Å². The Hall–Kier alpha value is -1.24. The lowest BCUT2D eigenvalue weighted by molar-refractivity contribution is 1.09. The predicted molar refractivity (Wildman–Crippen MR) is 75.0 cm³/mol. The first-order valence-electron chi connectivity index (χ1n) is 6.29. The van der Waals surface area contributed by atoms with Crippen molar-refractivity contribution in [3.8, 4) is 0 Å². The van der Waals surface area contributed by atoms with Crippen LogP contribution >= 0.6 is 0 Å². The van der Waals surface area contributed by atoms with E-state index in [2.05, 4.69) is 50.4 Å². The van der Waals surface area contributed by atoms with Gasteiger partial charge < -0.3 is 5.32 Å². The number of anilines is 1. The van der Waals surface area contributed by atoms with Gasteiger partial charge in [0, 0.05) is 5.69 Å². The third-order valence-corrected chi connectivity index (χ3v) is 1.96. The van der Waals surface area contributed by atoms with E-state index < -0.39 is 0 Å². The normalized spacial score (nSPS) is 11.1. The quantitative estimate of drug-likeness (QED) is 0.653. The van der Waals surface area contributed by atoms with Gasteiger partial charge in [0.05, 0.1) is 0 Å². The summed E-state index contributed by atoms with van der Waals surface area (Å²) in [4.78, 5) is 0. The molecule has 0 radical (unpaired) electrons. The van der Waals surface area contributed by atoms with Gasteiger partial charge in [0.15, 0.2) is 0 Å². The van der Waals surface area contributed by atoms with Crippen LogP contribution in [0.2, 0.25) is 0 Å². The molecule has 0 amide bonds. The molecule has 1 aliphatic heterocycles. The second-order valence-electron chi connectivity index (χ2n) is 3.62. The minimum atomic E-state index is 1.06. The van der Waals surface area contributed by atoms with Crippen LogP contribution in [0.3, 0.4) is 0 Å². The van der Waals surface area contributed by atoms with E-state index in [4.69, 9.17) is 0 Å². The minimum Gasteiger partial charge on any atom is -0.362 e. The lowest BCUT2D eigenvalue weighted by Gasteiger charge is -2.12. The zero-order valence-corrected chi connectivity index (χ0v) is 11.3. The molecule has 1 nitrogen and oxygen atoms in total. The summed E-state index contributed by atoms with van der Waals surface area (Å²) in [6, 6.07) is 6.51. The summed E-state index contributed by atoms with van der Waals surface area (Å²) in [5, 5.41) is 3.22. The number of allylic oxidation sites excluding steroid dienone is 1. The topological polar surface area (TPSA) is 12.0 Å². The Morgan fingerprint density at radius 1 is 1.19 bits per heavy atom. The van der Waals surface area contributed by atoms with Crippen LogP contribution in [0, 0.1) is 6.92 Å². The molecule has 0 aliphatic carbocycles. The second-order valence-corrected chi connectivity index (χ2v) is 3.62. The number of hydrogen-bond acceptors (Lipinski definition) is 1. The Balaban J connectivity index is 0.000000394. The molecule has 0 fully saturated rings. The standard InChI is InChI=1S/C10H11N.C3H8.C2H6/c1-8-4-5-9-3-2-6-11-10(9)7-8;1-3-2;1-2/h2,4-7,11H,3H2,1H3;3H2,1-2H3;1-2H3. The molecule has 1 aromatic rings.